The topological polar surface area (TPSA) is 66.1 Å². The second kappa shape index (κ2) is 8.69. The summed E-state index contributed by atoms with van der Waals surface area (Å²) >= 11 is 6.32. The molecule has 1 heterocycles. The van der Waals surface area contributed by atoms with Crippen LogP contribution in [0, 0.1) is 5.82 Å². The lowest BCUT2D eigenvalue weighted by molar-refractivity contribution is 0.589. The lowest BCUT2D eigenvalue weighted by atomic mass is 10.2. The Morgan fingerprint density at radius 2 is 1.81 bits per heavy atom. The number of benzene rings is 3. The van der Waals surface area contributed by atoms with Crippen molar-refractivity contribution in [1.29, 1.82) is 0 Å². The molecule has 31 heavy (non-hydrogen) atoms. The third kappa shape index (κ3) is 4.43. The maximum Gasteiger partial charge on any atom is 0.264 e. The minimum absolute atomic E-state index is 0.00247. The van der Waals surface area contributed by atoms with Crippen molar-refractivity contribution in [3.05, 3.63) is 89.0 Å². The molecule has 3 aromatic carbocycles. The summed E-state index contributed by atoms with van der Waals surface area (Å²) in [6.07, 6.45) is 1.76. The zero-order valence-electron chi connectivity index (χ0n) is 16.8. The van der Waals surface area contributed by atoms with Crippen LogP contribution in [0.1, 0.15) is 24.7 Å². The highest BCUT2D eigenvalue weighted by Gasteiger charge is 2.26. The molecule has 0 aliphatic rings. The van der Waals surface area contributed by atoms with Gasteiger partial charge in [0.15, 0.2) is 0 Å². The molecule has 8 heteroatoms. The number of fused-ring (bicyclic) bond motifs is 1. The average Bonchev–Trinajstić information content (AvgIpc) is 3.15. The first kappa shape index (κ1) is 21.3. The van der Waals surface area contributed by atoms with E-state index in [1.807, 2.05) is 0 Å². The molecule has 4 aromatic rings. The van der Waals surface area contributed by atoms with Gasteiger partial charge in [-0.25, -0.2) is 17.8 Å². The van der Waals surface area contributed by atoms with Crippen molar-refractivity contribution in [2.24, 2.45) is 0 Å². The Labute approximate surface area is 185 Å². The number of aromatic amines is 1. The van der Waals surface area contributed by atoms with Gasteiger partial charge in [-0.1, -0.05) is 36.7 Å². The van der Waals surface area contributed by atoms with Gasteiger partial charge in [-0.3, -0.25) is 4.31 Å². The number of H-pyrrole nitrogens is 1. The van der Waals surface area contributed by atoms with Crippen LogP contribution in [0.3, 0.4) is 0 Å². The number of sulfonamides is 1. The summed E-state index contributed by atoms with van der Waals surface area (Å²) in [5.74, 6) is 0.354. The van der Waals surface area contributed by atoms with Crippen molar-refractivity contribution in [2.75, 3.05) is 4.31 Å². The molecule has 0 saturated heterocycles. The minimum atomic E-state index is -3.98. The highest BCUT2D eigenvalue weighted by atomic mass is 35.5. The third-order valence-corrected chi connectivity index (χ3v) is 7.12. The summed E-state index contributed by atoms with van der Waals surface area (Å²) in [6.45, 7) is 2.10. The molecule has 0 aliphatic heterocycles. The van der Waals surface area contributed by atoms with E-state index in [4.69, 9.17) is 11.6 Å². The van der Waals surface area contributed by atoms with Crippen LogP contribution < -0.4 is 4.31 Å². The smallest absolute Gasteiger partial charge is 0.264 e. The summed E-state index contributed by atoms with van der Waals surface area (Å²) in [5, 5.41) is 0.467. The molecule has 1 N–H and O–H groups in total. The van der Waals surface area contributed by atoms with Gasteiger partial charge in [0.25, 0.3) is 10.0 Å². The Kier molecular flexibility index (Phi) is 5.98. The zero-order valence-corrected chi connectivity index (χ0v) is 18.4. The molecular weight excluding hydrogens is 437 g/mol. The van der Waals surface area contributed by atoms with Gasteiger partial charge in [0, 0.05) is 11.4 Å². The number of imidazole rings is 1. The normalized spacial score (nSPS) is 11.7. The lowest BCUT2D eigenvalue weighted by Crippen LogP contribution is -2.30. The molecule has 0 unspecified atom stereocenters. The second-order valence-electron chi connectivity index (χ2n) is 7.19. The van der Waals surface area contributed by atoms with E-state index in [0.717, 1.165) is 41.8 Å². The van der Waals surface area contributed by atoms with E-state index in [9.17, 15) is 12.8 Å². The maximum atomic E-state index is 13.5. The minimum Gasteiger partial charge on any atom is -0.342 e. The summed E-state index contributed by atoms with van der Waals surface area (Å²) in [4.78, 5) is 7.80. The van der Waals surface area contributed by atoms with Gasteiger partial charge in [0.1, 0.15) is 11.6 Å². The Hall–Kier alpha value is -2.90. The highest BCUT2D eigenvalue weighted by molar-refractivity contribution is 7.92. The molecule has 0 saturated carbocycles. The Morgan fingerprint density at radius 3 is 2.52 bits per heavy atom. The van der Waals surface area contributed by atoms with Crippen molar-refractivity contribution >= 4 is 38.3 Å². The fourth-order valence-corrected chi connectivity index (χ4v) is 5.02. The number of nitrogens with zero attached hydrogens (tertiary/aromatic N) is 2. The number of aryl methyl sites for hydroxylation is 1. The molecule has 0 fully saturated rings. The Bertz CT molecular complexity index is 1320. The molecule has 160 valence electrons. The monoisotopic (exact) mass is 457 g/mol. The van der Waals surface area contributed by atoms with Crippen LogP contribution >= 0.6 is 11.6 Å². The number of halogens is 2. The van der Waals surface area contributed by atoms with Crippen LogP contribution in [0.25, 0.3) is 11.0 Å². The number of hydrogen-bond acceptors (Lipinski definition) is 3. The summed E-state index contributed by atoms with van der Waals surface area (Å²) in [7, 11) is -3.98. The molecule has 0 bridgehead atoms. The van der Waals surface area contributed by atoms with E-state index in [1.54, 1.807) is 42.5 Å². The summed E-state index contributed by atoms with van der Waals surface area (Å²) < 4.78 is 41.8. The van der Waals surface area contributed by atoms with Crippen LogP contribution in [0.5, 0.6) is 0 Å². The molecule has 4 rings (SSSR count). The number of rotatable bonds is 7. The number of aromatic nitrogens is 2. The fraction of sp³-hybridized carbons (Fsp3) is 0.174. The quantitative estimate of drug-likeness (QED) is 0.387. The van der Waals surface area contributed by atoms with Crippen molar-refractivity contribution in [3.8, 4) is 0 Å². The van der Waals surface area contributed by atoms with Crippen molar-refractivity contribution in [3.63, 3.8) is 0 Å². The van der Waals surface area contributed by atoms with Crippen LogP contribution in [-0.2, 0) is 23.0 Å². The first-order valence-electron chi connectivity index (χ1n) is 9.89. The average molecular weight is 458 g/mol. The number of nitrogens with one attached hydrogen (secondary N) is 1. The van der Waals surface area contributed by atoms with Crippen LogP contribution in [0.4, 0.5) is 10.1 Å². The van der Waals surface area contributed by atoms with Gasteiger partial charge in [-0.15, -0.1) is 0 Å². The van der Waals surface area contributed by atoms with Crippen molar-refractivity contribution in [1.82, 2.24) is 9.97 Å². The second-order valence-corrected chi connectivity index (χ2v) is 9.46. The van der Waals surface area contributed by atoms with Gasteiger partial charge in [-0.2, -0.15) is 0 Å². The highest BCUT2D eigenvalue weighted by Crippen LogP contribution is 2.30. The van der Waals surface area contributed by atoms with Gasteiger partial charge in [0.05, 0.1) is 28.2 Å². The van der Waals surface area contributed by atoms with Gasteiger partial charge >= 0.3 is 0 Å². The first-order chi connectivity index (χ1) is 14.9. The standard InChI is InChI=1S/C23H21ClFN3O2S/c1-2-5-23-26-21-13-10-18(14-22(21)27-23)28(15-16-6-3-4-7-20(16)24)31(29,30)19-11-8-17(25)9-12-19/h3-4,6-14H,2,5,15H2,1H3,(H,26,27). The molecule has 1 aromatic heterocycles. The maximum absolute atomic E-state index is 13.5. The van der Waals surface area contributed by atoms with Gasteiger partial charge in [-0.05, 0) is 60.5 Å². The fourth-order valence-electron chi connectivity index (χ4n) is 3.39. The van der Waals surface area contributed by atoms with E-state index in [-0.39, 0.29) is 11.4 Å². The Morgan fingerprint density at radius 1 is 1.06 bits per heavy atom. The molecular formula is C23H21ClFN3O2S. The van der Waals surface area contributed by atoms with Crippen LogP contribution in [0.2, 0.25) is 5.02 Å². The number of hydrogen-bond donors (Lipinski definition) is 1. The predicted octanol–water partition coefficient (Wildman–Crippen LogP) is 5.70. The van der Waals surface area contributed by atoms with E-state index in [0.29, 0.717) is 16.3 Å². The van der Waals surface area contributed by atoms with Crippen LogP contribution in [-0.4, -0.2) is 18.4 Å². The largest absolute Gasteiger partial charge is 0.342 e. The lowest BCUT2D eigenvalue weighted by Gasteiger charge is -2.25. The molecule has 5 nitrogen and oxygen atoms in total. The third-order valence-electron chi connectivity index (χ3n) is 4.96. The van der Waals surface area contributed by atoms with Gasteiger partial charge < -0.3 is 4.98 Å². The van der Waals surface area contributed by atoms with E-state index in [1.165, 1.54) is 16.4 Å². The van der Waals surface area contributed by atoms with E-state index in [2.05, 4.69) is 16.9 Å². The van der Waals surface area contributed by atoms with E-state index >= 15 is 0 Å². The molecule has 0 radical (unpaired) electrons. The Balaban J connectivity index is 1.82. The molecule has 0 spiro atoms. The van der Waals surface area contributed by atoms with E-state index < -0.39 is 15.8 Å². The molecule has 0 amide bonds. The predicted molar refractivity (Wildman–Crippen MR) is 121 cm³/mol. The molecule has 0 aliphatic carbocycles. The van der Waals surface area contributed by atoms with Crippen molar-refractivity contribution < 1.29 is 12.8 Å². The van der Waals surface area contributed by atoms with Gasteiger partial charge in [0.2, 0.25) is 0 Å². The molecule has 0 atom stereocenters. The SMILES string of the molecule is CCCc1nc2ccc(N(Cc3ccccc3Cl)S(=O)(=O)c3ccc(F)cc3)cc2[nH]1. The summed E-state index contributed by atoms with van der Waals surface area (Å²) in [6, 6.07) is 17.2. The van der Waals surface area contributed by atoms with Crippen molar-refractivity contribution in [2.45, 2.75) is 31.2 Å². The number of anilines is 1. The summed E-state index contributed by atoms with van der Waals surface area (Å²) in [5.41, 5.74) is 2.64. The van der Waals surface area contributed by atoms with Crippen LogP contribution in [0.15, 0.2) is 71.6 Å². The first-order valence-corrected chi connectivity index (χ1v) is 11.7. The zero-order chi connectivity index (χ0) is 22.0.